The zero-order chi connectivity index (χ0) is 8.55. The van der Waals surface area contributed by atoms with Crippen molar-refractivity contribution in [2.24, 2.45) is 0 Å². The highest BCUT2D eigenvalue weighted by molar-refractivity contribution is 5.80. The molecule has 0 radical (unpaired) electrons. The number of rotatable bonds is 0. The average molecular weight is 164 g/mol. The summed E-state index contributed by atoms with van der Waals surface area (Å²) in [6.45, 7) is 0. The third kappa shape index (κ3) is 0.815. The minimum absolute atomic E-state index is 0.255. The van der Waals surface area contributed by atoms with E-state index in [0.717, 1.165) is 4.68 Å². The second-order valence-electron chi connectivity index (χ2n) is 2.13. The fourth-order valence-electron chi connectivity index (χ4n) is 0.894. The maximum atomic E-state index is 10.5. The van der Waals surface area contributed by atoms with Crippen LogP contribution in [-0.2, 0) is 0 Å². The van der Waals surface area contributed by atoms with Gasteiger partial charge in [0.05, 0.1) is 0 Å². The highest BCUT2D eigenvalue weighted by Crippen LogP contribution is 2.04. The summed E-state index contributed by atoms with van der Waals surface area (Å²) in [5.41, 5.74) is 0.727. The smallest absolute Gasteiger partial charge is 0.435 e. The molecule has 0 amide bonds. The van der Waals surface area contributed by atoms with E-state index >= 15 is 0 Å². The molecule has 0 saturated heterocycles. The van der Waals surface area contributed by atoms with Gasteiger partial charge in [0.25, 0.3) is 0 Å². The summed E-state index contributed by atoms with van der Waals surface area (Å²) in [5.74, 6) is 0. The molecule has 0 aliphatic carbocycles. The standard InChI is InChI=1S/C6H4N4O2/c11-6(12)10-5-4(8-9-10)2-1-3-7-5/h1-3H,(H,11,12). The normalized spacial score (nSPS) is 10.3. The predicted octanol–water partition coefficient (Wildman–Crippen LogP) is 0.352. The third-order valence-corrected chi connectivity index (χ3v) is 1.39. The van der Waals surface area contributed by atoms with Crippen LogP contribution in [0.25, 0.3) is 11.2 Å². The first-order chi connectivity index (χ1) is 5.79. The van der Waals surface area contributed by atoms with Gasteiger partial charge in [-0.3, -0.25) is 0 Å². The molecule has 2 aromatic heterocycles. The van der Waals surface area contributed by atoms with Crippen LogP contribution in [0, 0.1) is 0 Å². The number of aromatic nitrogens is 4. The van der Waals surface area contributed by atoms with Crippen LogP contribution in [-0.4, -0.2) is 31.2 Å². The number of hydrogen-bond donors (Lipinski definition) is 1. The number of nitrogens with zero attached hydrogens (tertiary/aromatic N) is 4. The van der Waals surface area contributed by atoms with Crippen molar-refractivity contribution in [1.29, 1.82) is 0 Å². The van der Waals surface area contributed by atoms with E-state index in [9.17, 15) is 4.79 Å². The number of carbonyl (C=O) groups is 1. The van der Waals surface area contributed by atoms with Gasteiger partial charge < -0.3 is 5.11 Å². The van der Waals surface area contributed by atoms with Gasteiger partial charge in [0.2, 0.25) is 0 Å². The van der Waals surface area contributed by atoms with E-state index in [4.69, 9.17) is 5.11 Å². The van der Waals surface area contributed by atoms with Gasteiger partial charge in [0.1, 0.15) is 5.52 Å². The van der Waals surface area contributed by atoms with Crippen LogP contribution in [0.2, 0.25) is 0 Å². The molecule has 0 aliphatic rings. The minimum atomic E-state index is -1.18. The topological polar surface area (TPSA) is 80.9 Å². The van der Waals surface area contributed by atoms with Crippen LogP contribution in [0.5, 0.6) is 0 Å². The van der Waals surface area contributed by atoms with Crippen LogP contribution < -0.4 is 0 Å². The molecule has 2 rings (SSSR count). The predicted molar refractivity (Wildman–Crippen MR) is 38.7 cm³/mol. The lowest BCUT2D eigenvalue weighted by atomic mass is 10.4. The van der Waals surface area contributed by atoms with Crippen molar-refractivity contribution in [3.05, 3.63) is 18.3 Å². The highest BCUT2D eigenvalue weighted by Gasteiger charge is 2.09. The van der Waals surface area contributed by atoms with Gasteiger partial charge in [0, 0.05) is 6.20 Å². The summed E-state index contributed by atoms with van der Waals surface area (Å²) < 4.78 is 0.731. The van der Waals surface area contributed by atoms with Crippen molar-refractivity contribution in [1.82, 2.24) is 20.0 Å². The molecular formula is C6H4N4O2. The van der Waals surface area contributed by atoms with Crippen molar-refractivity contribution < 1.29 is 9.90 Å². The Balaban J connectivity index is 2.79. The maximum Gasteiger partial charge on any atom is 0.435 e. The SMILES string of the molecule is O=C(O)n1nnc2cccnc21. The Kier molecular flexibility index (Phi) is 1.26. The van der Waals surface area contributed by atoms with Crippen molar-refractivity contribution >= 4 is 17.3 Å². The van der Waals surface area contributed by atoms with Crippen molar-refractivity contribution in [2.45, 2.75) is 0 Å². The molecule has 2 heterocycles. The van der Waals surface area contributed by atoms with Gasteiger partial charge in [-0.15, -0.1) is 9.78 Å². The molecule has 6 heteroatoms. The van der Waals surface area contributed by atoms with Crippen LogP contribution >= 0.6 is 0 Å². The summed E-state index contributed by atoms with van der Waals surface area (Å²) in [6, 6.07) is 3.32. The lowest BCUT2D eigenvalue weighted by Gasteiger charge is -1.89. The number of pyridine rings is 1. The Hall–Kier alpha value is -1.98. The number of carboxylic acid groups (broad SMARTS) is 1. The first-order valence-corrected chi connectivity index (χ1v) is 3.19. The van der Waals surface area contributed by atoms with Crippen LogP contribution in [0.1, 0.15) is 0 Å². The highest BCUT2D eigenvalue weighted by atomic mass is 16.4. The van der Waals surface area contributed by atoms with Crippen LogP contribution in [0.3, 0.4) is 0 Å². The van der Waals surface area contributed by atoms with Gasteiger partial charge >= 0.3 is 6.09 Å². The lowest BCUT2D eigenvalue weighted by molar-refractivity contribution is 0.193. The van der Waals surface area contributed by atoms with Crippen LogP contribution in [0.15, 0.2) is 18.3 Å². The maximum absolute atomic E-state index is 10.5. The molecule has 1 N–H and O–H groups in total. The second kappa shape index (κ2) is 2.26. The second-order valence-corrected chi connectivity index (χ2v) is 2.13. The molecule has 0 atom stereocenters. The van der Waals surface area contributed by atoms with E-state index in [1.165, 1.54) is 6.20 Å². The van der Waals surface area contributed by atoms with Crippen molar-refractivity contribution in [2.75, 3.05) is 0 Å². The molecule has 0 aliphatic heterocycles. The van der Waals surface area contributed by atoms with E-state index < -0.39 is 6.09 Å². The summed E-state index contributed by atoms with van der Waals surface area (Å²) in [7, 11) is 0. The van der Waals surface area contributed by atoms with Crippen molar-refractivity contribution in [3.8, 4) is 0 Å². The lowest BCUT2D eigenvalue weighted by Crippen LogP contribution is -2.10. The van der Waals surface area contributed by atoms with E-state index in [0.29, 0.717) is 5.52 Å². The molecule has 60 valence electrons. The average Bonchev–Trinajstić information content (AvgIpc) is 2.47. The number of hydrogen-bond acceptors (Lipinski definition) is 4. The first-order valence-electron chi connectivity index (χ1n) is 3.19. The molecule has 0 bridgehead atoms. The third-order valence-electron chi connectivity index (χ3n) is 1.39. The van der Waals surface area contributed by atoms with Gasteiger partial charge in [-0.05, 0) is 12.1 Å². The Morgan fingerprint density at radius 3 is 3.17 bits per heavy atom. The fraction of sp³-hybridized carbons (Fsp3) is 0. The quantitative estimate of drug-likeness (QED) is 0.607. The Labute approximate surface area is 66.4 Å². The molecule has 0 aromatic carbocycles. The minimum Gasteiger partial charge on any atom is -0.463 e. The van der Waals surface area contributed by atoms with Gasteiger partial charge in [-0.2, -0.15) is 0 Å². The fourth-order valence-corrected chi connectivity index (χ4v) is 0.894. The molecular weight excluding hydrogens is 160 g/mol. The van der Waals surface area contributed by atoms with E-state index in [1.807, 2.05) is 0 Å². The summed E-state index contributed by atoms with van der Waals surface area (Å²) >= 11 is 0. The monoisotopic (exact) mass is 164 g/mol. The van der Waals surface area contributed by atoms with E-state index in [1.54, 1.807) is 12.1 Å². The first kappa shape index (κ1) is 6.71. The molecule has 0 unspecified atom stereocenters. The Morgan fingerprint density at radius 1 is 1.58 bits per heavy atom. The molecule has 0 fully saturated rings. The summed E-state index contributed by atoms with van der Waals surface area (Å²) in [6.07, 6.45) is 0.307. The van der Waals surface area contributed by atoms with Crippen LogP contribution in [0.4, 0.5) is 4.79 Å². The van der Waals surface area contributed by atoms with Gasteiger partial charge in [-0.25, -0.2) is 9.78 Å². The Bertz CT molecular complexity index is 436. The molecule has 12 heavy (non-hydrogen) atoms. The number of fused-ring (bicyclic) bond motifs is 1. The molecule has 6 nitrogen and oxygen atoms in total. The largest absolute Gasteiger partial charge is 0.463 e. The molecule has 2 aromatic rings. The molecule has 0 spiro atoms. The zero-order valence-corrected chi connectivity index (χ0v) is 5.88. The van der Waals surface area contributed by atoms with Crippen molar-refractivity contribution in [3.63, 3.8) is 0 Å². The Morgan fingerprint density at radius 2 is 2.42 bits per heavy atom. The van der Waals surface area contributed by atoms with Gasteiger partial charge in [-0.1, -0.05) is 5.21 Å². The zero-order valence-electron chi connectivity index (χ0n) is 5.88. The molecule has 0 saturated carbocycles. The van der Waals surface area contributed by atoms with E-state index in [-0.39, 0.29) is 5.65 Å². The summed E-state index contributed by atoms with van der Waals surface area (Å²) in [5, 5.41) is 15.6. The van der Waals surface area contributed by atoms with Gasteiger partial charge in [0.15, 0.2) is 5.65 Å². The summed E-state index contributed by atoms with van der Waals surface area (Å²) in [4.78, 5) is 14.3. The van der Waals surface area contributed by atoms with E-state index in [2.05, 4.69) is 15.3 Å².